The maximum Gasteiger partial charge on any atom is 0.303 e. The molecular weight excluding hydrogens is 838 g/mol. The minimum absolute atomic E-state index is 0.000939. The Labute approximate surface area is 369 Å². The molecule has 5 heterocycles. The number of hydrogen-bond donors (Lipinski definition) is 4. The molecule has 1 aromatic heterocycles. The minimum atomic E-state index is -1.86. The van der Waals surface area contributed by atoms with Gasteiger partial charge < -0.3 is 58.4 Å². The third-order valence-corrected chi connectivity index (χ3v) is 12.5. The number of hydrogen-bond acceptors (Lipinski definition) is 15. The van der Waals surface area contributed by atoms with Gasteiger partial charge in [-0.2, -0.15) is 0 Å². The van der Waals surface area contributed by atoms with Gasteiger partial charge in [0.2, 0.25) is 0 Å². The van der Waals surface area contributed by atoms with Crippen LogP contribution in [-0.4, -0.2) is 108 Å². The average molecular weight is 892 g/mol. The quantitative estimate of drug-likeness (QED) is 0.0734. The highest BCUT2D eigenvalue weighted by Gasteiger charge is 2.51. The topological polar surface area (TPSA) is 209 Å². The van der Waals surface area contributed by atoms with E-state index in [2.05, 4.69) is 5.32 Å². The number of esters is 1. The number of halogens is 1. The number of fused-ring (bicyclic) bond motifs is 9. The number of benzene rings is 3. The number of nitrogens with one attached hydrogen (secondary N) is 1. The number of phenolic OH excluding ortho intramolecular Hbond substituents is 1. The zero-order valence-electron chi connectivity index (χ0n) is 36.8. The number of phenols is 1. The zero-order chi connectivity index (χ0) is 45.8. The maximum absolute atomic E-state index is 14.4. The summed E-state index contributed by atoms with van der Waals surface area (Å²) in [6.07, 6.45) is 2.13. The Morgan fingerprint density at radius 2 is 1.79 bits per heavy atom. The number of allylic oxidation sites excluding steroid dienone is 2. The number of amides is 1. The number of aromatic nitrogens is 1. The van der Waals surface area contributed by atoms with E-state index in [-0.39, 0.29) is 78.0 Å². The number of likely N-dealkylation sites (N-methyl/N-ethyl adjacent to an activating group) is 1. The third-order valence-electron chi connectivity index (χ3n) is 12.2. The lowest BCUT2D eigenvalue weighted by atomic mass is 9.86. The summed E-state index contributed by atoms with van der Waals surface area (Å²) >= 11 is 6.68. The number of aromatic hydroxyl groups is 1. The Kier molecular flexibility index (Phi) is 12.9. The first-order valence-electron chi connectivity index (χ1n) is 20.8. The van der Waals surface area contributed by atoms with Crippen molar-refractivity contribution in [3.05, 3.63) is 74.6 Å². The van der Waals surface area contributed by atoms with Crippen LogP contribution in [-0.2, 0) is 28.5 Å². The molecular formula is C46H54ClN3O13. The number of aliphatic hydroxyl groups is 2. The number of carbonyl (C=O) groups is 2. The van der Waals surface area contributed by atoms with Crippen molar-refractivity contribution in [3.8, 4) is 17.2 Å². The van der Waals surface area contributed by atoms with E-state index in [0.717, 1.165) is 0 Å². The largest absolute Gasteiger partial charge is 0.505 e. The van der Waals surface area contributed by atoms with E-state index in [1.54, 1.807) is 38.1 Å². The standard InChI is InChI=1S/C46H54ClN3O13/c1-20-12-11-13-21(2)45(56)49-35-38(54)32-31(34-42(35)61-30-19-29(58-17-15-50(8)9)26(47)18-27(30)48-34)33-40(23(4)36(32)52)63-46(7,44(33)55)59-16-14-28(57-10)22(3)41(60-25(6)51)43-37(53)24(5)39(20)62-43/h11-14,16,18-20,22,24,28,37,39,41,43-44,53-55H,15,17H2,1-10H3,(H,49,56)/b12-11+,16-14+,21-13-/t20-,22+,24-,28-,37+,39-,41+,43+,44?,46-/m0/s1. The molecule has 16 nitrogen and oxygen atoms in total. The van der Waals surface area contributed by atoms with Crippen LogP contribution in [0.25, 0.3) is 33.0 Å². The van der Waals surface area contributed by atoms with Crippen molar-refractivity contribution >= 4 is 62.1 Å². The van der Waals surface area contributed by atoms with Crippen molar-refractivity contribution in [2.75, 3.05) is 39.7 Å². The van der Waals surface area contributed by atoms with E-state index in [9.17, 15) is 29.7 Å². The summed E-state index contributed by atoms with van der Waals surface area (Å²) < 4.78 is 43.0. The second-order valence-electron chi connectivity index (χ2n) is 17.0. The molecule has 4 aliphatic rings. The normalized spacial score (nSPS) is 30.7. The smallest absolute Gasteiger partial charge is 0.303 e. The number of rotatable bonds is 6. The van der Waals surface area contributed by atoms with E-state index in [1.807, 2.05) is 38.9 Å². The van der Waals surface area contributed by atoms with Crippen LogP contribution < -0.4 is 20.2 Å². The summed E-state index contributed by atoms with van der Waals surface area (Å²) in [6, 6.07) is 3.08. The Hall–Kier alpha value is -5.23. The minimum Gasteiger partial charge on any atom is -0.505 e. The van der Waals surface area contributed by atoms with Gasteiger partial charge >= 0.3 is 5.97 Å². The lowest BCUT2D eigenvalue weighted by molar-refractivity contribution is -0.181. The Balaban J connectivity index is 1.44. The van der Waals surface area contributed by atoms with Gasteiger partial charge in [0.15, 0.2) is 28.4 Å². The summed E-state index contributed by atoms with van der Waals surface area (Å²) in [6.45, 7) is 12.3. The maximum atomic E-state index is 14.4. The number of carbonyl (C=O) groups excluding carboxylic acids is 2. The number of methoxy groups -OCH3 is 1. The van der Waals surface area contributed by atoms with Crippen molar-refractivity contribution in [3.63, 3.8) is 0 Å². The molecule has 7 bridgehead atoms. The first kappa shape index (κ1) is 45.8. The van der Waals surface area contributed by atoms with E-state index in [4.69, 9.17) is 49.4 Å². The monoisotopic (exact) mass is 891 g/mol. The van der Waals surface area contributed by atoms with Gasteiger partial charge in [-0.15, -0.1) is 0 Å². The molecule has 338 valence electrons. The fourth-order valence-electron chi connectivity index (χ4n) is 8.59. The highest BCUT2D eigenvalue weighted by Crippen LogP contribution is 2.52. The molecule has 1 saturated heterocycles. The van der Waals surface area contributed by atoms with Crippen LogP contribution in [0, 0.1) is 24.7 Å². The second kappa shape index (κ2) is 17.7. The average Bonchev–Trinajstić information content (AvgIpc) is 3.67. The van der Waals surface area contributed by atoms with Gasteiger partial charge in [-0.1, -0.05) is 50.6 Å². The molecule has 10 atom stereocenters. The van der Waals surface area contributed by atoms with E-state index < -0.39 is 71.4 Å². The molecule has 0 aliphatic carbocycles. The third kappa shape index (κ3) is 8.35. The van der Waals surface area contributed by atoms with Crippen LogP contribution >= 0.6 is 11.6 Å². The SMILES string of the molecule is CO[C@H]1/C=C/O[C@@]2(C)Oc3c(C)c(=O)c4c(O)c(c5oc6cc(OCCN(C)C)c(Cl)cc6nc5c4c3C2O)NC(=O)/C(C)=C\C=C\[C@H](C)[C@@H]2O[C@H]([C@H](O)[C@@H]2C)[C@H](OC(C)=O)[C@@H]1C. The van der Waals surface area contributed by atoms with Gasteiger partial charge in [0.25, 0.3) is 11.7 Å². The fraction of sp³-hybridized carbons (Fsp3) is 0.478. The highest BCUT2D eigenvalue weighted by molar-refractivity contribution is 6.32. The fourth-order valence-corrected chi connectivity index (χ4v) is 8.80. The molecule has 4 aliphatic heterocycles. The van der Waals surface area contributed by atoms with Gasteiger partial charge in [-0.05, 0) is 40.1 Å². The number of ether oxygens (including phenoxy) is 6. The first-order chi connectivity index (χ1) is 29.8. The van der Waals surface area contributed by atoms with E-state index >= 15 is 0 Å². The lowest BCUT2D eigenvalue weighted by Crippen LogP contribution is -2.46. The molecule has 0 radical (unpaired) electrons. The Bertz CT molecular complexity index is 2620. The summed E-state index contributed by atoms with van der Waals surface area (Å²) in [5, 5.41) is 38.6. The van der Waals surface area contributed by atoms with Crippen LogP contribution in [0.15, 0.2) is 57.5 Å². The summed E-state index contributed by atoms with van der Waals surface area (Å²) in [4.78, 5) is 47.7. The molecule has 1 unspecified atom stereocenters. The van der Waals surface area contributed by atoms with E-state index in [1.165, 1.54) is 40.2 Å². The van der Waals surface area contributed by atoms with Gasteiger partial charge in [-0.25, -0.2) is 4.98 Å². The van der Waals surface area contributed by atoms with Crippen LogP contribution in [0.1, 0.15) is 58.8 Å². The molecule has 17 heteroatoms. The van der Waals surface area contributed by atoms with E-state index in [0.29, 0.717) is 18.9 Å². The van der Waals surface area contributed by atoms with Gasteiger partial charge in [-0.3, -0.25) is 14.4 Å². The number of anilines is 1. The molecule has 8 rings (SSSR count). The van der Waals surface area contributed by atoms with Crippen LogP contribution in [0.3, 0.4) is 0 Å². The van der Waals surface area contributed by atoms with Crippen molar-refractivity contribution in [2.24, 2.45) is 17.8 Å². The summed E-state index contributed by atoms with van der Waals surface area (Å²) in [5.41, 5.74) is -0.270. The molecule has 0 saturated carbocycles. The van der Waals surface area contributed by atoms with Crippen molar-refractivity contribution in [2.45, 2.75) is 90.9 Å². The lowest BCUT2D eigenvalue weighted by Gasteiger charge is -2.33. The predicted molar refractivity (Wildman–Crippen MR) is 235 cm³/mol. The Morgan fingerprint density at radius 3 is 2.48 bits per heavy atom. The van der Waals surface area contributed by atoms with Gasteiger partial charge in [0.05, 0.1) is 35.0 Å². The van der Waals surface area contributed by atoms with Crippen LogP contribution in [0.5, 0.6) is 17.2 Å². The second-order valence-corrected chi connectivity index (χ2v) is 17.4. The summed E-state index contributed by atoms with van der Waals surface area (Å²) in [5.74, 6) is -4.67. The molecule has 63 heavy (non-hydrogen) atoms. The van der Waals surface area contributed by atoms with Crippen LogP contribution in [0.2, 0.25) is 5.02 Å². The van der Waals surface area contributed by atoms with Crippen molar-refractivity contribution < 1.29 is 57.7 Å². The molecule has 4 N–H and O–H groups in total. The highest BCUT2D eigenvalue weighted by atomic mass is 35.5. The molecule has 0 spiro atoms. The van der Waals surface area contributed by atoms with Crippen molar-refractivity contribution in [1.29, 1.82) is 0 Å². The summed E-state index contributed by atoms with van der Waals surface area (Å²) in [7, 11) is 5.27. The molecule has 1 fully saturated rings. The first-order valence-corrected chi connectivity index (χ1v) is 21.1. The predicted octanol–water partition coefficient (Wildman–Crippen LogP) is 6.21. The molecule has 1 amide bonds. The molecule has 4 aromatic rings. The molecule has 3 aromatic carbocycles. The van der Waals surface area contributed by atoms with Gasteiger partial charge in [0.1, 0.15) is 47.0 Å². The van der Waals surface area contributed by atoms with Crippen LogP contribution in [0.4, 0.5) is 5.69 Å². The van der Waals surface area contributed by atoms with Gasteiger partial charge in [0, 0.05) is 73.4 Å². The Morgan fingerprint density at radius 1 is 1.06 bits per heavy atom. The number of aliphatic hydroxyl groups excluding tert-OH is 2. The zero-order valence-corrected chi connectivity index (χ0v) is 37.6. The van der Waals surface area contributed by atoms with Crippen molar-refractivity contribution in [1.82, 2.24) is 9.88 Å². The number of nitrogens with zero attached hydrogens (tertiary/aromatic N) is 2.